The number of para-hydroxylation sites is 2. The van der Waals surface area contributed by atoms with Crippen molar-refractivity contribution in [2.75, 3.05) is 37.2 Å². The lowest BCUT2D eigenvalue weighted by Crippen LogP contribution is -2.38. The summed E-state index contributed by atoms with van der Waals surface area (Å²) in [6.07, 6.45) is 7.50. The van der Waals surface area contributed by atoms with Crippen LogP contribution in [0.2, 0.25) is 0 Å². The van der Waals surface area contributed by atoms with Crippen molar-refractivity contribution >= 4 is 28.6 Å². The molecule has 35 heavy (non-hydrogen) atoms. The zero-order valence-electron chi connectivity index (χ0n) is 20.2. The van der Waals surface area contributed by atoms with Crippen LogP contribution in [0.4, 0.5) is 11.4 Å². The van der Waals surface area contributed by atoms with Gasteiger partial charge in [-0.25, -0.2) is 4.98 Å². The number of nitrogen functional groups attached to an aromatic ring is 1. The second-order valence-corrected chi connectivity index (χ2v) is 10.9. The molecule has 1 aliphatic carbocycles. The van der Waals surface area contributed by atoms with E-state index in [0.717, 1.165) is 36.9 Å². The SMILES string of the molecule is Nc1ccccc1NC(=O)c1cnc(CCCN2CCC(CNC3CC3c3ccccc3)CC2)s1. The van der Waals surface area contributed by atoms with Crippen LogP contribution in [-0.2, 0) is 6.42 Å². The second-order valence-electron chi connectivity index (χ2n) is 9.82. The molecule has 1 saturated carbocycles. The third kappa shape index (κ3) is 6.48. The van der Waals surface area contributed by atoms with Crippen molar-refractivity contribution in [1.82, 2.24) is 15.2 Å². The van der Waals surface area contributed by atoms with E-state index in [1.807, 2.05) is 18.2 Å². The molecule has 2 heterocycles. The van der Waals surface area contributed by atoms with E-state index >= 15 is 0 Å². The summed E-state index contributed by atoms with van der Waals surface area (Å²) in [4.78, 5) is 20.2. The highest BCUT2D eigenvalue weighted by molar-refractivity contribution is 7.13. The van der Waals surface area contributed by atoms with Gasteiger partial charge < -0.3 is 21.3 Å². The summed E-state index contributed by atoms with van der Waals surface area (Å²) in [5.74, 6) is 1.36. The number of nitrogens with one attached hydrogen (secondary N) is 2. The number of carbonyl (C=O) groups excluding carboxylic acids is 1. The first-order chi connectivity index (χ1) is 17.2. The number of amides is 1. The van der Waals surface area contributed by atoms with Gasteiger partial charge in [-0.05, 0) is 75.5 Å². The molecule has 5 rings (SSSR count). The Labute approximate surface area is 211 Å². The average molecular weight is 490 g/mol. The third-order valence-electron chi connectivity index (χ3n) is 7.25. The number of aryl methyl sites for hydroxylation is 1. The molecule has 1 aliphatic heterocycles. The highest BCUT2D eigenvalue weighted by Crippen LogP contribution is 2.40. The maximum Gasteiger partial charge on any atom is 0.267 e. The van der Waals surface area contributed by atoms with E-state index < -0.39 is 0 Å². The van der Waals surface area contributed by atoms with Crippen molar-refractivity contribution in [3.8, 4) is 0 Å². The average Bonchev–Trinajstić information content (AvgIpc) is 3.52. The first-order valence-corrected chi connectivity index (χ1v) is 13.6. The first kappa shape index (κ1) is 24.0. The van der Waals surface area contributed by atoms with Crippen LogP contribution in [-0.4, -0.2) is 48.0 Å². The summed E-state index contributed by atoms with van der Waals surface area (Å²) in [5.41, 5.74) is 8.60. The van der Waals surface area contributed by atoms with E-state index in [9.17, 15) is 4.79 Å². The molecule has 4 N–H and O–H groups in total. The maximum absolute atomic E-state index is 12.5. The van der Waals surface area contributed by atoms with Crippen molar-refractivity contribution in [3.05, 3.63) is 76.2 Å². The molecule has 2 aromatic carbocycles. The first-order valence-electron chi connectivity index (χ1n) is 12.8. The number of piperidine rings is 1. The number of nitrogens with zero attached hydrogens (tertiary/aromatic N) is 2. The molecule has 2 atom stereocenters. The number of hydrogen-bond acceptors (Lipinski definition) is 6. The standard InChI is InChI=1S/C28H35N5OS/c29-23-9-4-5-10-24(23)32-28(34)26-19-31-27(35-26)11-6-14-33-15-12-20(13-16-33)18-30-25-17-22(25)21-7-2-1-3-8-21/h1-5,7-10,19-20,22,25,30H,6,11-18,29H2,(H,32,34). The summed E-state index contributed by atoms with van der Waals surface area (Å²) in [6.45, 7) is 4.62. The van der Waals surface area contributed by atoms with Gasteiger partial charge in [-0.1, -0.05) is 42.5 Å². The van der Waals surface area contributed by atoms with E-state index in [1.165, 1.54) is 49.3 Å². The number of thiazole rings is 1. The van der Waals surface area contributed by atoms with Crippen LogP contribution in [0.15, 0.2) is 60.8 Å². The maximum atomic E-state index is 12.5. The highest BCUT2D eigenvalue weighted by Gasteiger charge is 2.38. The van der Waals surface area contributed by atoms with E-state index in [1.54, 1.807) is 12.3 Å². The molecule has 1 aromatic heterocycles. The topological polar surface area (TPSA) is 83.3 Å². The number of hydrogen-bond donors (Lipinski definition) is 3. The van der Waals surface area contributed by atoms with E-state index in [4.69, 9.17) is 5.73 Å². The van der Waals surface area contributed by atoms with E-state index in [2.05, 4.69) is 50.8 Å². The molecule has 0 spiro atoms. The molecule has 2 aliphatic rings. The van der Waals surface area contributed by atoms with Gasteiger partial charge in [0, 0.05) is 18.4 Å². The number of nitrogens with two attached hydrogens (primary N) is 1. The summed E-state index contributed by atoms with van der Waals surface area (Å²) >= 11 is 1.48. The molecule has 0 radical (unpaired) electrons. The molecule has 2 unspecified atom stereocenters. The van der Waals surface area contributed by atoms with Crippen molar-refractivity contribution in [3.63, 3.8) is 0 Å². The Morgan fingerprint density at radius 2 is 1.86 bits per heavy atom. The molecular weight excluding hydrogens is 454 g/mol. The zero-order chi connectivity index (χ0) is 24.0. The predicted octanol–water partition coefficient (Wildman–Crippen LogP) is 4.77. The third-order valence-corrected chi connectivity index (χ3v) is 8.30. The van der Waals surface area contributed by atoms with Crippen LogP contribution in [0.3, 0.4) is 0 Å². The summed E-state index contributed by atoms with van der Waals surface area (Å²) < 4.78 is 0. The largest absolute Gasteiger partial charge is 0.397 e. The van der Waals surface area contributed by atoms with Gasteiger partial charge in [-0.15, -0.1) is 11.3 Å². The second kappa shape index (κ2) is 11.3. The van der Waals surface area contributed by atoms with Gasteiger partial charge in [-0.2, -0.15) is 0 Å². The van der Waals surface area contributed by atoms with Crippen molar-refractivity contribution in [1.29, 1.82) is 0 Å². The Kier molecular flexibility index (Phi) is 7.76. The molecule has 7 heteroatoms. The molecule has 0 bridgehead atoms. The van der Waals surface area contributed by atoms with Gasteiger partial charge >= 0.3 is 0 Å². The van der Waals surface area contributed by atoms with Gasteiger partial charge in [0.15, 0.2) is 0 Å². The fraction of sp³-hybridized carbons (Fsp3) is 0.429. The lowest BCUT2D eigenvalue weighted by molar-refractivity contribution is 0.103. The highest BCUT2D eigenvalue weighted by atomic mass is 32.1. The fourth-order valence-electron chi connectivity index (χ4n) is 5.00. The zero-order valence-corrected chi connectivity index (χ0v) is 21.0. The molecule has 1 amide bonds. The Morgan fingerprint density at radius 3 is 2.66 bits per heavy atom. The molecule has 2 fully saturated rings. The van der Waals surface area contributed by atoms with Crippen LogP contribution in [0.5, 0.6) is 0 Å². The van der Waals surface area contributed by atoms with Crippen molar-refractivity contribution < 1.29 is 4.79 Å². The van der Waals surface area contributed by atoms with Gasteiger partial charge in [0.2, 0.25) is 0 Å². The van der Waals surface area contributed by atoms with Crippen LogP contribution < -0.4 is 16.4 Å². The number of rotatable bonds is 10. The Bertz CT molecular complexity index is 1110. The number of anilines is 2. The minimum absolute atomic E-state index is 0.149. The van der Waals surface area contributed by atoms with Crippen LogP contribution in [0.25, 0.3) is 0 Å². The number of carbonyl (C=O) groups is 1. The Morgan fingerprint density at radius 1 is 1.09 bits per heavy atom. The van der Waals surface area contributed by atoms with Gasteiger partial charge in [-0.3, -0.25) is 4.79 Å². The Balaban J connectivity index is 0.972. The van der Waals surface area contributed by atoms with E-state index in [-0.39, 0.29) is 5.91 Å². The molecule has 3 aromatic rings. The smallest absolute Gasteiger partial charge is 0.267 e. The lowest BCUT2D eigenvalue weighted by atomic mass is 9.96. The molecule has 6 nitrogen and oxygen atoms in total. The molecule has 1 saturated heterocycles. The normalized spacial score (nSPS) is 20.6. The lowest BCUT2D eigenvalue weighted by Gasteiger charge is -2.32. The number of likely N-dealkylation sites (tertiary alicyclic amines) is 1. The van der Waals surface area contributed by atoms with E-state index in [0.29, 0.717) is 28.2 Å². The van der Waals surface area contributed by atoms with Crippen molar-refractivity contribution in [2.45, 2.75) is 44.1 Å². The molecular formula is C28H35N5OS. The summed E-state index contributed by atoms with van der Waals surface area (Å²) in [7, 11) is 0. The van der Waals surface area contributed by atoms with Gasteiger partial charge in [0.05, 0.1) is 22.6 Å². The van der Waals surface area contributed by atoms with Crippen LogP contribution in [0, 0.1) is 5.92 Å². The number of benzene rings is 2. The van der Waals surface area contributed by atoms with Crippen LogP contribution >= 0.6 is 11.3 Å². The van der Waals surface area contributed by atoms with Gasteiger partial charge in [0.25, 0.3) is 5.91 Å². The minimum Gasteiger partial charge on any atom is -0.397 e. The minimum atomic E-state index is -0.149. The number of aromatic nitrogens is 1. The summed E-state index contributed by atoms with van der Waals surface area (Å²) in [5, 5.41) is 7.72. The quantitative estimate of drug-likeness (QED) is 0.358. The fourth-order valence-corrected chi connectivity index (χ4v) is 5.86. The predicted molar refractivity (Wildman–Crippen MR) is 144 cm³/mol. The van der Waals surface area contributed by atoms with Crippen molar-refractivity contribution in [2.24, 2.45) is 5.92 Å². The van der Waals surface area contributed by atoms with Crippen LogP contribution in [0.1, 0.15) is 51.8 Å². The monoisotopic (exact) mass is 489 g/mol. The Hall–Kier alpha value is -2.74. The molecule has 184 valence electrons. The van der Waals surface area contributed by atoms with Gasteiger partial charge in [0.1, 0.15) is 4.88 Å². The summed E-state index contributed by atoms with van der Waals surface area (Å²) in [6, 6.07) is 18.9.